The fraction of sp³-hybridized carbons (Fsp3) is 0.667. The first-order valence-corrected chi connectivity index (χ1v) is 17.5. The van der Waals surface area contributed by atoms with Crippen molar-refractivity contribution in [3.05, 3.63) is 30.5 Å². The molecule has 4 rings (SSSR count). The van der Waals surface area contributed by atoms with Gasteiger partial charge < -0.3 is 19.7 Å². The van der Waals surface area contributed by atoms with Crippen molar-refractivity contribution in [1.29, 1.82) is 0 Å². The maximum Gasteiger partial charge on any atom is 0.471 e. The lowest BCUT2D eigenvalue weighted by Crippen LogP contribution is -2.57. The van der Waals surface area contributed by atoms with Crippen LogP contribution in [0.3, 0.4) is 0 Å². The summed E-state index contributed by atoms with van der Waals surface area (Å²) in [6.45, 7) is 14.4. The van der Waals surface area contributed by atoms with E-state index >= 15 is 0 Å². The number of ketones is 2. The van der Waals surface area contributed by atoms with Crippen molar-refractivity contribution in [2.24, 2.45) is 29.6 Å². The number of halogens is 3. The van der Waals surface area contributed by atoms with Gasteiger partial charge in [-0.2, -0.15) is 13.2 Å². The van der Waals surface area contributed by atoms with Gasteiger partial charge in [0.15, 0.2) is 5.60 Å². The highest BCUT2D eigenvalue weighted by atomic mass is 19.4. The van der Waals surface area contributed by atoms with Gasteiger partial charge in [-0.05, 0) is 57.1 Å². The second-order valence-electron chi connectivity index (χ2n) is 14.4. The number of hydrogen-bond acceptors (Lipinski definition) is 8. The van der Waals surface area contributed by atoms with Crippen molar-refractivity contribution in [1.82, 2.24) is 19.9 Å². The van der Waals surface area contributed by atoms with Gasteiger partial charge in [-0.1, -0.05) is 58.9 Å². The van der Waals surface area contributed by atoms with Crippen molar-refractivity contribution >= 4 is 29.3 Å². The molecule has 0 saturated carbocycles. The third kappa shape index (κ3) is 8.91. The van der Waals surface area contributed by atoms with E-state index in [1.54, 1.807) is 21.8 Å². The highest BCUT2D eigenvalue weighted by molar-refractivity contribution is 5.95. The molecule has 8 atom stereocenters. The van der Waals surface area contributed by atoms with Gasteiger partial charge in [-0.25, -0.2) is 4.79 Å². The van der Waals surface area contributed by atoms with Crippen molar-refractivity contribution < 1.29 is 41.8 Å². The van der Waals surface area contributed by atoms with E-state index in [0.717, 1.165) is 0 Å². The number of Topliss-reactive ketones (excluding diaryl/α,β-unsaturated/α-hetero) is 2. The Morgan fingerprint density at radius 1 is 1.00 bits per heavy atom. The zero-order chi connectivity index (χ0) is 37.0. The van der Waals surface area contributed by atoms with Crippen LogP contribution in [0.1, 0.15) is 80.6 Å². The number of ether oxygens (including phenoxy) is 2. The molecule has 2 fully saturated rings. The maximum atomic E-state index is 14.0. The van der Waals surface area contributed by atoms with Crippen LogP contribution in [0.5, 0.6) is 0 Å². The molecule has 11 nitrogen and oxygen atoms in total. The van der Waals surface area contributed by atoms with Crippen LogP contribution < -0.4 is 5.32 Å². The monoisotopic (exact) mass is 705 g/mol. The molecule has 0 spiro atoms. The van der Waals surface area contributed by atoms with Crippen molar-refractivity contribution in [3.8, 4) is 11.3 Å². The summed E-state index contributed by atoms with van der Waals surface area (Å²) in [5, 5.41) is 10.1. The Kier molecular flexibility index (Phi) is 12.5. The molecule has 2 saturated heterocycles. The van der Waals surface area contributed by atoms with Crippen LogP contribution in [0.4, 0.5) is 23.7 Å². The molecule has 0 aliphatic carbocycles. The second-order valence-corrected chi connectivity index (χ2v) is 14.4. The topological polar surface area (TPSA) is 133 Å². The van der Waals surface area contributed by atoms with E-state index in [1.807, 2.05) is 46.9 Å². The SMILES string of the molecule is CCC1OCC(C)C(=O)C(C)CC(C)CC(C)C(=O)C(C)C2N(CCCCn3cc(-c4cccc(NC(=O)C(F)(F)F)c4)nn3)C(=O)OC12C. The van der Waals surface area contributed by atoms with Crippen LogP contribution in [0.15, 0.2) is 30.5 Å². The van der Waals surface area contributed by atoms with Crippen molar-refractivity contribution in [3.63, 3.8) is 0 Å². The molecule has 2 amide bonds. The van der Waals surface area contributed by atoms with Gasteiger partial charge >= 0.3 is 18.2 Å². The summed E-state index contributed by atoms with van der Waals surface area (Å²) in [7, 11) is 0. The molecule has 1 N–H and O–H groups in total. The molecule has 3 heterocycles. The van der Waals surface area contributed by atoms with Crippen LogP contribution in [0, 0.1) is 29.6 Å². The number of amides is 2. The number of benzene rings is 1. The quantitative estimate of drug-likeness (QED) is 0.300. The third-order valence-corrected chi connectivity index (χ3v) is 10.2. The lowest BCUT2D eigenvalue weighted by molar-refractivity contribution is -0.167. The number of carbonyl (C=O) groups is 4. The van der Waals surface area contributed by atoms with Gasteiger partial charge in [-0.15, -0.1) is 5.10 Å². The average molecular weight is 706 g/mol. The number of aryl methyl sites for hydroxylation is 1. The summed E-state index contributed by atoms with van der Waals surface area (Å²) in [6.07, 6.45) is -1.38. The number of rotatable bonds is 8. The summed E-state index contributed by atoms with van der Waals surface area (Å²) in [6, 6.07) is 5.31. The van der Waals surface area contributed by atoms with Gasteiger partial charge in [0.25, 0.3) is 0 Å². The molecule has 1 aromatic heterocycles. The Morgan fingerprint density at radius 2 is 1.66 bits per heavy atom. The minimum atomic E-state index is -5.01. The number of aromatic nitrogens is 3. The van der Waals surface area contributed by atoms with E-state index in [4.69, 9.17) is 9.47 Å². The minimum Gasteiger partial charge on any atom is -0.438 e. The lowest BCUT2D eigenvalue weighted by atomic mass is 9.75. The maximum absolute atomic E-state index is 14.0. The number of nitrogens with one attached hydrogen (secondary N) is 1. The molecular weight excluding hydrogens is 655 g/mol. The summed E-state index contributed by atoms with van der Waals surface area (Å²) >= 11 is 0. The van der Waals surface area contributed by atoms with Crippen LogP contribution in [-0.4, -0.2) is 80.5 Å². The van der Waals surface area contributed by atoms with E-state index in [-0.39, 0.29) is 47.5 Å². The van der Waals surface area contributed by atoms with Crippen LogP contribution in [-0.2, 0) is 30.4 Å². The fourth-order valence-corrected chi connectivity index (χ4v) is 7.69. The summed E-state index contributed by atoms with van der Waals surface area (Å²) in [5.41, 5.74) is -0.253. The number of anilines is 1. The first kappa shape index (κ1) is 39.0. The van der Waals surface area contributed by atoms with Crippen LogP contribution >= 0.6 is 0 Å². The van der Waals surface area contributed by atoms with E-state index in [9.17, 15) is 32.3 Å². The van der Waals surface area contributed by atoms with Crippen molar-refractivity contribution in [2.75, 3.05) is 18.5 Å². The largest absolute Gasteiger partial charge is 0.471 e. The smallest absolute Gasteiger partial charge is 0.438 e. The minimum absolute atomic E-state index is 0.0217. The van der Waals surface area contributed by atoms with Gasteiger partial charge in [0.1, 0.15) is 17.3 Å². The Balaban J connectivity index is 1.47. The molecule has 14 heteroatoms. The Labute approximate surface area is 291 Å². The zero-order valence-corrected chi connectivity index (χ0v) is 30.0. The summed E-state index contributed by atoms with van der Waals surface area (Å²) in [4.78, 5) is 53.7. The number of nitrogens with zero attached hydrogens (tertiary/aromatic N) is 4. The molecule has 0 bridgehead atoms. The van der Waals surface area contributed by atoms with E-state index in [1.165, 1.54) is 18.2 Å². The van der Waals surface area contributed by atoms with Crippen molar-refractivity contribution in [2.45, 2.75) is 111 Å². The number of alkyl halides is 3. The molecule has 8 unspecified atom stereocenters. The molecule has 276 valence electrons. The highest BCUT2D eigenvalue weighted by Gasteiger charge is 2.58. The second kappa shape index (κ2) is 16.0. The molecule has 2 aliphatic rings. The predicted octanol–water partition coefficient (Wildman–Crippen LogP) is 6.71. The van der Waals surface area contributed by atoms with Crippen LogP contribution in [0.2, 0.25) is 0 Å². The Bertz CT molecular complexity index is 1530. The molecule has 2 aliphatic heterocycles. The normalized spacial score (nSPS) is 30.1. The highest BCUT2D eigenvalue weighted by Crippen LogP contribution is 2.41. The fourth-order valence-electron chi connectivity index (χ4n) is 7.69. The summed E-state index contributed by atoms with van der Waals surface area (Å²) in [5.74, 6) is -2.99. The number of unbranched alkanes of at least 4 members (excludes halogenated alkanes) is 1. The molecular formula is C36H50F3N5O6. The van der Waals surface area contributed by atoms with E-state index in [2.05, 4.69) is 17.2 Å². The van der Waals surface area contributed by atoms with E-state index < -0.39 is 41.8 Å². The van der Waals surface area contributed by atoms with E-state index in [0.29, 0.717) is 56.5 Å². The average Bonchev–Trinajstić information content (AvgIpc) is 3.63. The summed E-state index contributed by atoms with van der Waals surface area (Å²) < 4.78 is 52.1. The van der Waals surface area contributed by atoms with Gasteiger partial charge in [0.2, 0.25) is 0 Å². The first-order chi connectivity index (χ1) is 23.5. The first-order valence-electron chi connectivity index (χ1n) is 17.5. The standard InChI is InChI=1S/C36H50F3N5O6/c1-8-29-35(7)32(25(6)31(46)23(4)17-21(2)16-22(3)30(45)24(5)20-49-29)44(34(48)50-35)15-10-9-14-43-19-28(41-42-43)26-12-11-13-27(18-26)40-33(47)36(37,38)39/h11-13,18-19,21-25,29,32H,8-10,14-17,20H2,1-7H3,(H,40,47). The van der Waals surface area contributed by atoms with Gasteiger partial charge in [0.05, 0.1) is 24.9 Å². The van der Waals surface area contributed by atoms with Gasteiger partial charge in [-0.3, -0.25) is 19.1 Å². The predicted molar refractivity (Wildman–Crippen MR) is 180 cm³/mol. The molecule has 2 aromatic rings. The number of hydrogen-bond donors (Lipinski definition) is 1. The van der Waals surface area contributed by atoms with Crippen LogP contribution in [0.25, 0.3) is 11.3 Å². The molecule has 50 heavy (non-hydrogen) atoms. The Hall–Kier alpha value is -3.81. The van der Waals surface area contributed by atoms with Gasteiger partial charge in [0, 0.05) is 48.0 Å². The zero-order valence-electron chi connectivity index (χ0n) is 30.0. The number of fused-ring (bicyclic) bond motifs is 1. The lowest BCUT2D eigenvalue weighted by Gasteiger charge is -2.41. The molecule has 1 aromatic carbocycles. The Morgan fingerprint density at radius 3 is 2.32 bits per heavy atom. The third-order valence-electron chi connectivity index (χ3n) is 10.2. The molecule has 0 radical (unpaired) electrons. The number of carbonyl (C=O) groups excluding carboxylic acids is 4.